The third kappa shape index (κ3) is 2.29. The second-order valence-corrected chi connectivity index (χ2v) is 4.49. The third-order valence-corrected chi connectivity index (χ3v) is 3.54. The average Bonchev–Trinajstić information content (AvgIpc) is 2.89. The normalized spacial score (nSPS) is 11.2. The van der Waals surface area contributed by atoms with E-state index in [9.17, 15) is 10.1 Å². The molecular weight excluding hydrogens is 240 g/mol. The Hall–Kier alpha value is -2.35. The average molecular weight is 256 g/mol. The number of aromatic amines is 1. The van der Waals surface area contributed by atoms with Gasteiger partial charge in [-0.2, -0.15) is 5.26 Å². The molecule has 2 aromatic rings. The Morgan fingerprint density at radius 3 is 2.89 bits per heavy atom. The molecule has 0 aliphatic carbocycles. The van der Waals surface area contributed by atoms with Crippen LogP contribution in [0.15, 0.2) is 24.5 Å². The largest absolute Gasteiger partial charge is 0.360 e. The highest BCUT2D eigenvalue weighted by Gasteiger charge is 2.35. The summed E-state index contributed by atoms with van der Waals surface area (Å²) >= 11 is 0. The van der Waals surface area contributed by atoms with Gasteiger partial charge in [-0.05, 0) is 25.0 Å². The monoisotopic (exact) mass is 256 g/mol. The van der Waals surface area contributed by atoms with Crippen LogP contribution in [0.4, 0.5) is 5.82 Å². The van der Waals surface area contributed by atoms with Crippen LogP contribution in [0.25, 0.3) is 10.9 Å². The van der Waals surface area contributed by atoms with Crippen LogP contribution in [-0.2, 0) is 4.79 Å². The first kappa shape index (κ1) is 13.1. The fraction of sp³-hybridized carbons (Fsp3) is 0.357. The van der Waals surface area contributed by atoms with E-state index in [-0.39, 0.29) is 5.91 Å². The van der Waals surface area contributed by atoms with Crippen molar-refractivity contribution in [3.05, 3.63) is 24.5 Å². The van der Waals surface area contributed by atoms with Crippen molar-refractivity contribution in [2.24, 2.45) is 5.41 Å². The molecule has 0 saturated carbocycles. The lowest BCUT2D eigenvalue weighted by molar-refractivity contribution is -0.123. The maximum Gasteiger partial charge on any atom is 0.245 e. The van der Waals surface area contributed by atoms with Crippen LogP contribution in [0.2, 0.25) is 0 Å². The van der Waals surface area contributed by atoms with Crippen molar-refractivity contribution in [2.75, 3.05) is 5.32 Å². The number of fused-ring (bicyclic) bond motifs is 1. The molecule has 98 valence electrons. The first-order valence-corrected chi connectivity index (χ1v) is 6.31. The number of aromatic nitrogens is 2. The van der Waals surface area contributed by atoms with Crippen molar-refractivity contribution in [1.82, 2.24) is 9.97 Å². The Labute approximate surface area is 111 Å². The van der Waals surface area contributed by atoms with Crippen molar-refractivity contribution >= 4 is 22.6 Å². The van der Waals surface area contributed by atoms with Gasteiger partial charge in [-0.1, -0.05) is 13.8 Å². The number of pyridine rings is 1. The van der Waals surface area contributed by atoms with Crippen LogP contribution in [0.1, 0.15) is 26.7 Å². The van der Waals surface area contributed by atoms with Gasteiger partial charge in [-0.15, -0.1) is 0 Å². The van der Waals surface area contributed by atoms with Gasteiger partial charge in [0.2, 0.25) is 5.91 Å². The summed E-state index contributed by atoms with van der Waals surface area (Å²) in [4.78, 5) is 19.4. The van der Waals surface area contributed by atoms with E-state index in [1.165, 1.54) is 0 Å². The number of nitrogens with zero attached hydrogens (tertiary/aromatic N) is 2. The number of nitrogens with one attached hydrogen (secondary N) is 2. The Bertz CT molecular complexity index is 634. The Kier molecular flexibility index (Phi) is 3.52. The predicted octanol–water partition coefficient (Wildman–Crippen LogP) is 2.83. The van der Waals surface area contributed by atoms with Crippen LogP contribution < -0.4 is 5.32 Å². The van der Waals surface area contributed by atoms with E-state index in [0.717, 1.165) is 10.9 Å². The Morgan fingerprint density at radius 1 is 1.53 bits per heavy atom. The summed E-state index contributed by atoms with van der Waals surface area (Å²) < 4.78 is 0. The molecule has 0 fully saturated rings. The van der Waals surface area contributed by atoms with E-state index in [2.05, 4.69) is 21.4 Å². The summed E-state index contributed by atoms with van der Waals surface area (Å²) in [6, 6.07) is 5.82. The van der Waals surface area contributed by atoms with E-state index < -0.39 is 5.41 Å². The lowest BCUT2D eigenvalue weighted by Gasteiger charge is -2.21. The van der Waals surface area contributed by atoms with Crippen molar-refractivity contribution in [1.29, 1.82) is 5.26 Å². The van der Waals surface area contributed by atoms with Gasteiger partial charge in [0.15, 0.2) is 0 Å². The van der Waals surface area contributed by atoms with E-state index in [1.54, 1.807) is 12.3 Å². The summed E-state index contributed by atoms with van der Waals surface area (Å²) in [6.07, 6.45) is 4.45. The number of hydrogen-bond donors (Lipinski definition) is 2. The van der Waals surface area contributed by atoms with Gasteiger partial charge in [-0.25, -0.2) is 4.98 Å². The minimum Gasteiger partial charge on any atom is -0.360 e. The minimum atomic E-state index is -0.977. The van der Waals surface area contributed by atoms with Crippen LogP contribution in [-0.4, -0.2) is 15.9 Å². The van der Waals surface area contributed by atoms with Crippen LogP contribution in [0.3, 0.4) is 0 Å². The molecule has 2 aromatic heterocycles. The number of nitriles is 1. The van der Waals surface area contributed by atoms with Gasteiger partial charge >= 0.3 is 0 Å². The number of H-pyrrole nitrogens is 1. The van der Waals surface area contributed by atoms with Crippen molar-refractivity contribution in [3.8, 4) is 6.07 Å². The van der Waals surface area contributed by atoms with Gasteiger partial charge in [0.25, 0.3) is 0 Å². The summed E-state index contributed by atoms with van der Waals surface area (Å²) in [5.41, 5.74) is -0.0649. The summed E-state index contributed by atoms with van der Waals surface area (Å²) in [5.74, 6) is 0.181. The molecule has 0 aliphatic rings. The highest BCUT2D eigenvalue weighted by molar-refractivity contribution is 5.97. The van der Waals surface area contributed by atoms with Gasteiger partial charge in [0.05, 0.1) is 17.8 Å². The third-order valence-electron chi connectivity index (χ3n) is 3.54. The molecule has 2 N–H and O–H groups in total. The van der Waals surface area contributed by atoms with E-state index in [4.69, 9.17) is 0 Å². The van der Waals surface area contributed by atoms with E-state index in [1.807, 2.05) is 26.1 Å². The first-order chi connectivity index (χ1) is 9.15. The van der Waals surface area contributed by atoms with Gasteiger partial charge < -0.3 is 10.3 Å². The molecule has 0 saturated heterocycles. The van der Waals surface area contributed by atoms with E-state index in [0.29, 0.717) is 18.7 Å². The zero-order valence-corrected chi connectivity index (χ0v) is 11.0. The first-order valence-electron chi connectivity index (χ1n) is 6.31. The van der Waals surface area contributed by atoms with Crippen LogP contribution >= 0.6 is 0 Å². The molecule has 0 bridgehead atoms. The summed E-state index contributed by atoms with van der Waals surface area (Å²) in [5, 5.41) is 12.9. The van der Waals surface area contributed by atoms with Gasteiger partial charge in [0, 0.05) is 11.6 Å². The lowest BCUT2D eigenvalue weighted by atomic mass is 9.83. The summed E-state index contributed by atoms with van der Waals surface area (Å²) in [7, 11) is 0. The topological polar surface area (TPSA) is 81.6 Å². The van der Waals surface area contributed by atoms with Crippen molar-refractivity contribution in [3.63, 3.8) is 0 Å². The molecule has 0 atom stereocenters. The quantitative estimate of drug-likeness (QED) is 0.882. The fourth-order valence-electron chi connectivity index (χ4n) is 2.03. The van der Waals surface area contributed by atoms with Crippen LogP contribution in [0, 0.1) is 16.7 Å². The smallest absolute Gasteiger partial charge is 0.245 e. The van der Waals surface area contributed by atoms with Gasteiger partial charge in [-0.3, -0.25) is 4.79 Å². The molecule has 19 heavy (non-hydrogen) atoms. The SMILES string of the molecule is CCC(C#N)(CC)C(=O)Nc1cc2cc[nH]c2cn1. The highest BCUT2D eigenvalue weighted by atomic mass is 16.2. The van der Waals surface area contributed by atoms with Gasteiger partial charge in [0.1, 0.15) is 11.2 Å². The van der Waals surface area contributed by atoms with E-state index >= 15 is 0 Å². The molecule has 1 amide bonds. The van der Waals surface area contributed by atoms with Crippen molar-refractivity contribution < 1.29 is 4.79 Å². The van der Waals surface area contributed by atoms with Crippen molar-refractivity contribution in [2.45, 2.75) is 26.7 Å². The second kappa shape index (κ2) is 5.11. The number of rotatable bonds is 4. The maximum absolute atomic E-state index is 12.2. The minimum absolute atomic E-state index is 0.289. The molecular formula is C14H16N4O. The molecule has 2 rings (SSSR count). The fourth-order valence-corrected chi connectivity index (χ4v) is 2.03. The zero-order valence-electron chi connectivity index (χ0n) is 11.0. The highest BCUT2D eigenvalue weighted by Crippen LogP contribution is 2.27. The molecule has 5 nitrogen and oxygen atoms in total. The number of carbonyl (C=O) groups is 1. The number of anilines is 1. The molecule has 0 unspecified atom stereocenters. The molecule has 0 radical (unpaired) electrons. The molecule has 2 heterocycles. The number of amides is 1. The second-order valence-electron chi connectivity index (χ2n) is 4.49. The standard InChI is InChI=1S/C14H16N4O/c1-3-14(4-2,9-15)13(19)18-12-7-10-5-6-16-11(10)8-17-12/h5-8,16H,3-4H2,1-2H3,(H,17,18,19). The Balaban J connectivity index is 2.25. The number of hydrogen-bond acceptors (Lipinski definition) is 3. The summed E-state index contributed by atoms with van der Waals surface area (Å²) in [6.45, 7) is 3.68. The molecule has 5 heteroatoms. The zero-order chi connectivity index (χ0) is 13.9. The van der Waals surface area contributed by atoms with Crippen LogP contribution in [0.5, 0.6) is 0 Å². The molecule has 0 aromatic carbocycles. The maximum atomic E-state index is 12.2. The molecule has 0 aliphatic heterocycles. The molecule has 0 spiro atoms. The lowest BCUT2D eigenvalue weighted by Crippen LogP contribution is -2.34. The Morgan fingerprint density at radius 2 is 2.26 bits per heavy atom. The number of carbonyl (C=O) groups excluding carboxylic acids is 1. The predicted molar refractivity (Wildman–Crippen MR) is 73.4 cm³/mol.